The molecule has 0 aliphatic carbocycles. The van der Waals surface area contributed by atoms with E-state index in [0.717, 1.165) is 128 Å². The molecule has 70 heavy (non-hydrogen) atoms. The molecule has 0 rings (SSSR count). The van der Waals surface area contributed by atoms with Crippen LogP contribution in [-0.2, 0) is 28.6 Å². The minimum absolute atomic E-state index is 0.105. The topological polar surface area (TPSA) is 78.9 Å². The van der Waals surface area contributed by atoms with Gasteiger partial charge in [-0.25, -0.2) is 0 Å². The molecule has 0 saturated heterocycles. The van der Waals surface area contributed by atoms with Crippen molar-refractivity contribution < 1.29 is 28.6 Å². The van der Waals surface area contributed by atoms with Crippen LogP contribution >= 0.6 is 0 Å². The predicted molar refractivity (Wildman–Crippen MR) is 302 cm³/mol. The Balaban J connectivity index is 4.51. The van der Waals surface area contributed by atoms with Crippen LogP contribution in [0.5, 0.6) is 0 Å². The largest absolute Gasteiger partial charge is 0.462 e. The molecular formula is C64H106O6. The Bertz CT molecular complexity index is 1440. The molecule has 0 bridgehead atoms. The number of unbranched alkanes of at least 4 members (excludes halogenated alkanes) is 25. The fraction of sp³-hybridized carbons (Fsp3) is 0.672. The van der Waals surface area contributed by atoms with Gasteiger partial charge in [0.15, 0.2) is 6.10 Å². The van der Waals surface area contributed by atoms with Gasteiger partial charge < -0.3 is 14.2 Å². The number of ether oxygens (including phenoxy) is 3. The van der Waals surface area contributed by atoms with Crippen LogP contribution in [0.4, 0.5) is 0 Å². The van der Waals surface area contributed by atoms with Crippen molar-refractivity contribution in [3.05, 3.63) is 109 Å². The Morgan fingerprint density at radius 1 is 0.314 bits per heavy atom. The zero-order chi connectivity index (χ0) is 50.7. The molecule has 0 heterocycles. The first-order valence-electron chi connectivity index (χ1n) is 28.9. The Morgan fingerprint density at radius 3 is 1.06 bits per heavy atom. The second-order valence-corrected chi connectivity index (χ2v) is 18.9. The highest BCUT2D eigenvalue weighted by Gasteiger charge is 2.19. The Morgan fingerprint density at radius 2 is 0.614 bits per heavy atom. The van der Waals surface area contributed by atoms with Crippen LogP contribution < -0.4 is 0 Å². The van der Waals surface area contributed by atoms with Gasteiger partial charge >= 0.3 is 17.9 Å². The van der Waals surface area contributed by atoms with Crippen molar-refractivity contribution in [1.29, 1.82) is 0 Å². The molecule has 0 fully saturated rings. The highest BCUT2D eigenvalue weighted by Crippen LogP contribution is 2.14. The minimum Gasteiger partial charge on any atom is -0.462 e. The van der Waals surface area contributed by atoms with Crippen LogP contribution in [0.15, 0.2) is 109 Å². The van der Waals surface area contributed by atoms with E-state index in [1.807, 2.05) is 0 Å². The SMILES string of the molecule is CC/C=C\C/C=C\C/C=C\C/C=C\CCCCCC(=O)OCC(COC(=O)CCCCCCC\C=C/C=C\C=C/C=C\CCCCC)OC(=O)CCCCCCC/C=C\CCCCCCCCCCC. The first kappa shape index (κ1) is 66.1. The van der Waals surface area contributed by atoms with Gasteiger partial charge in [-0.2, -0.15) is 0 Å². The Labute approximate surface area is 431 Å². The number of allylic oxidation sites excluding steroid dienone is 18. The number of hydrogen-bond donors (Lipinski definition) is 0. The van der Waals surface area contributed by atoms with Crippen molar-refractivity contribution >= 4 is 17.9 Å². The molecule has 0 aliphatic rings. The van der Waals surface area contributed by atoms with Gasteiger partial charge in [0.1, 0.15) is 13.2 Å². The second-order valence-electron chi connectivity index (χ2n) is 18.9. The lowest BCUT2D eigenvalue weighted by atomic mass is 10.1. The molecule has 6 heteroatoms. The van der Waals surface area contributed by atoms with Gasteiger partial charge in [-0.3, -0.25) is 14.4 Å². The maximum absolute atomic E-state index is 12.9. The number of rotatable bonds is 51. The van der Waals surface area contributed by atoms with E-state index < -0.39 is 6.10 Å². The summed E-state index contributed by atoms with van der Waals surface area (Å²) in [6.45, 7) is 6.44. The molecule has 398 valence electrons. The average Bonchev–Trinajstić information content (AvgIpc) is 3.36. The van der Waals surface area contributed by atoms with Crippen molar-refractivity contribution in [3.63, 3.8) is 0 Å². The fourth-order valence-electron chi connectivity index (χ4n) is 7.73. The molecule has 1 atom stereocenters. The van der Waals surface area contributed by atoms with E-state index in [0.29, 0.717) is 19.3 Å². The number of carbonyl (C=O) groups is 3. The van der Waals surface area contributed by atoms with Gasteiger partial charge in [0, 0.05) is 19.3 Å². The van der Waals surface area contributed by atoms with Gasteiger partial charge in [-0.1, -0.05) is 239 Å². The third kappa shape index (κ3) is 55.0. The molecule has 0 radical (unpaired) electrons. The highest BCUT2D eigenvalue weighted by atomic mass is 16.6. The van der Waals surface area contributed by atoms with E-state index in [-0.39, 0.29) is 31.1 Å². The first-order valence-corrected chi connectivity index (χ1v) is 28.9. The quantitative estimate of drug-likeness (QED) is 0.0199. The van der Waals surface area contributed by atoms with Crippen molar-refractivity contribution in [2.24, 2.45) is 0 Å². The number of carbonyl (C=O) groups excluding carboxylic acids is 3. The van der Waals surface area contributed by atoms with Crippen LogP contribution in [0.2, 0.25) is 0 Å². The molecule has 0 aliphatic heterocycles. The van der Waals surface area contributed by atoms with Crippen LogP contribution in [0.1, 0.15) is 258 Å². The number of esters is 3. The lowest BCUT2D eigenvalue weighted by molar-refractivity contribution is -0.167. The summed E-state index contributed by atoms with van der Waals surface area (Å²) in [5.41, 5.74) is 0. The van der Waals surface area contributed by atoms with Crippen LogP contribution in [0.25, 0.3) is 0 Å². The summed E-state index contributed by atoms with van der Waals surface area (Å²) >= 11 is 0. The lowest BCUT2D eigenvalue weighted by Crippen LogP contribution is -2.30. The van der Waals surface area contributed by atoms with Gasteiger partial charge in [0.2, 0.25) is 0 Å². The maximum atomic E-state index is 12.9. The summed E-state index contributed by atoms with van der Waals surface area (Å²) in [6.07, 6.45) is 77.9. The molecule has 1 unspecified atom stereocenters. The summed E-state index contributed by atoms with van der Waals surface area (Å²) in [5.74, 6) is -0.965. The van der Waals surface area contributed by atoms with E-state index in [4.69, 9.17) is 14.2 Å². The van der Waals surface area contributed by atoms with E-state index in [2.05, 4.69) is 130 Å². The molecule has 0 aromatic carbocycles. The summed E-state index contributed by atoms with van der Waals surface area (Å²) < 4.78 is 16.8. The Kier molecular flexibility index (Phi) is 54.4. The van der Waals surface area contributed by atoms with Gasteiger partial charge in [0.05, 0.1) is 0 Å². The van der Waals surface area contributed by atoms with Crippen LogP contribution in [-0.4, -0.2) is 37.2 Å². The second kappa shape index (κ2) is 57.6. The zero-order valence-corrected chi connectivity index (χ0v) is 45.5. The van der Waals surface area contributed by atoms with Gasteiger partial charge in [0.25, 0.3) is 0 Å². The van der Waals surface area contributed by atoms with Crippen molar-refractivity contribution in [2.75, 3.05) is 13.2 Å². The third-order valence-corrected chi connectivity index (χ3v) is 12.1. The van der Waals surface area contributed by atoms with Crippen molar-refractivity contribution in [2.45, 2.75) is 264 Å². The molecule has 6 nitrogen and oxygen atoms in total. The first-order chi connectivity index (χ1) is 34.5. The molecular weight excluding hydrogens is 865 g/mol. The fourth-order valence-corrected chi connectivity index (χ4v) is 7.73. The van der Waals surface area contributed by atoms with E-state index in [9.17, 15) is 14.4 Å². The summed E-state index contributed by atoms with van der Waals surface area (Å²) in [6, 6.07) is 0. The van der Waals surface area contributed by atoms with Crippen molar-refractivity contribution in [1.82, 2.24) is 0 Å². The normalized spacial score (nSPS) is 12.9. The molecule has 0 amide bonds. The standard InChI is InChI=1S/C64H106O6/c1-4-7-10-13-16-19-22-25-28-31-33-36-39-42-45-48-51-54-57-63(66)69-60-61(59-68-62(65)56-53-50-47-44-41-38-35-30-27-24-21-18-15-12-9-6-3)70-64(67)58-55-52-49-46-43-40-37-34-32-29-26-23-20-17-14-11-8-5-2/h9,12,16,18-19,21-22,25,27-28,30-31,33-34,36-38,41,61H,4-8,10-11,13-15,17,20,23-24,26,29,32,35,39-40,42-60H2,1-3H3/b12-9-,19-16-,21-18-,25-22-,30-27-,31-28-,36-33-,37-34-,41-38-. The highest BCUT2D eigenvalue weighted by molar-refractivity contribution is 5.71. The van der Waals surface area contributed by atoms with Crippen LogP contribution in [0.3, 0.4) is 0 Å². The van der Waals surface area contributed by atoms with Crippen molar-refractivity contribution in [3.8, 4) is 0 Å². The molecule has 0 spiro atoms. The predicted octanol–water partition coefficient (Wildman–Crippen LogP) is 19.5. The molecule has 0 aromatic rings. The Hall–Kier alpha value is -3.93. The molecule has 0 N–H and O–H groups in total. The lowest BCUT2D eigenvalue weighted by Gasteiger charge is -2.18. The molecule has 0 aromatic heterocycles. The van der Waals surface area contributed by atoms with Crippen LogP contribution in [0, 0.1) is 0 Å². The smallest absolute Gasteiger partial charge is 0.306 e. The minimum atomic E-state index is -0.808. The van der Waals surface area contributed by atoms with E-state index in [1.54, 1.807) is 0 Å². The maximum Gasteiger partial charge on any atom is 0.306 e. The van der Waals surface area contributed by atoms with Gasteiger partial charge in [-0.05, 0) is 109 Å². The van der Waals surface area contributed by atoms with E-state index in [1.165, 1.54) is 89.9 Å². The summed E-state index contributed by atoms with van der Waals surface area (Å²) in [5, 5.41) is 0. The monoisotopic (exact) mass is 971 g/mol. The number of hydrogen-bond acceptors (Lipinski definition) is 6. The van der Waals surface area contributed by atoms with E-state index >= 15 is 0 Å². The zero-order valence-electron chi connectivity index (χ0n) is 45.5. The average molecular weight is 972 g/mol. The third-order valence-electron chi connectivity index (χ3n) is 12.1. The molecule has 0 saturated carbocycles. The summed E-state index contributed by atoms with van der Waals surface area (Å²) in [7, 11) is 0. The summed E-state index contributed by atoms with van der Waals surface area (Å²) in [4.78, 5) is 38.2. The van der Waals surface area contributed by atoms with Gasteiger partial charge in [-0.15, -0.1) is 0 Å².